The Kier molecular flexibility index (Phi) is 6.60. The number of allylic oxidation sites excluding steroid dienone is 1. The van der Waals surface area contributed by atoms with Crippen LogP contribution in [-0.2, 0) is 9.53 Å². The summed E-state index contributed by atoms with van der Waals surface area (Å²) in [4.78, 5) is 20.8. The van der Waals surface area contributed by atoms with Gasteiger partial charge >= 0.3 is 0 Å². The maximum Gasteiger partial charge on any atom is 0.146 e. The Labute approximate surface area is 141 Å². The van der Waals surface area contributed by atoms with E-state index in [0.717, 1.165) is 23.7 Å². The topological polar surface area (TPSA) is 55.7 Å². The second-order valence-electron chi connectivity index (χ2n) is 6.84. The van der Waals surface area contributed by atoms with Crippen LogP contribution in [0.4, 0.5) is 0 Å². The molecular weight excluding hydrogens is 346 g/mol. The van der Waals surface area contributed by atoms with Crippen molar-refractivity contribution in [2.45, 2.75) is 44.4 Å². The maximum atomic E-state index is 10.7. The number of aldehydes is 1. The third kappa shape index (κ3) is 3.98. The van der Waals surface area contributed by atoms with Gasteiger partial charge in [0.1, 0.15) is 18.6 Å². The molecule has 124 valence electrons. The van der Waals surface area contributed by atoms with Gasteiger partial charge in [-0.3, -0.25) is 4.79 Å². The van der Waals surface area contributed by atoms with Crippen LogP contribution in [0.2, 0.25) is 0 Å². The Balaban J connectivity index is 1.88. The van der Waals surface area contributed by atoms with Gasteiger partial charge in [0.15, 0.2) is 0 Å². The molecule has 0 saturated heterocycles. The van der Waals surface area contributed by atoms with Crippen LogP contribution in [0.3, 0.4) is 0 Å². The molecule has 0 radical (unpaired) electrons. The summed E-state index contributed by atoms with van der Waals surface area (Å²) in [6.07, 6.45) is 7.22. The molecule has 2 aliphatic carbocycles. The molecule has 0 aromatic carbocycles. The number of ether oxygens (including phenoxy) is 1. The van der Waals surface area contributed by atoms with Gasteiger partial charge in [-0.2, -0.15) is 4.91 Å². The van der Waals surface area contributed by atoms with Gasteiger partial charge in [0, 0.05) is 6.08 Å². The van der Waals surface area contributed by atoms with Gasteiger partial charge in [-0.15, -0.1) is 0 Å². The average Bonchev–Trinajstić information content (AvgIpc) is 3.04. The third-order valence-corrected chi connectivity index (χ3v) is 6.30. The smallest absolute Gasteiger partial charge is 0.146 e. The van der Waals surface area contributed by atoms with Gasteiger partial charge in [-0.1, -0.05) is 41.4 Å². The highest BCUT2D eigenvalue weighted by molar-refractivity contribution is 9.09. The van der Waals surface area contributed by atoms with Crippen molar-refractivity contribution in [2.24, 2.45) is 34.8 Å². The molecule has 0 aromatic rings. The first-order chi connectivity index (χ1) is 10.6. The fourth-order valence-corrected chi connectivity index (χ4v) is 4.93. The molecule has 6 unspecified atom stereocenters. The number of nitroso groups, excluding NO2 is 1. The van der Waals surface area contributed by atoms with Crippen molar-refractivity contribution < 1.29 is 9.53 Å². The summed E-state index contributed by atoms with van der Waals surface area (Å²) < 4.78 is 5.83. The molecule has 2 fully saturated rings. The molecule has 0 N–H and O–H groups in total. The second-order valence-corrected chi connectivity index (χ2v) is 7.95. The van der Waals surface area contributed by atoms with E-state index >= 15 is 0 Å². The predicted molar refractivity (Wildman–Crippen MR) is 90.7 cm³/mol. The van der Waals surface area contributed by atoms with Crippen molar-refractivity contribution in [2.75, 3.05) is 13.2 Å². The standard InChI is InChI=1S/C17H26BrNO3/c1-3-13-6-11(2)14-7-12(8-15(13)14)10-22-17(4-5-20)16(18)9-19-21/h4-5,11-16H,3,6-10H2,1-2H3/b17-4+. The molecule has 0 heterocycles. The van der Waals surface area contributed by atoms with Crippen LogP contribution in [0.15, 0.2) is 17.0 Å². The molecule has 0 aromatic heterocycles. The summed E-state index contributed by atoms with van der Waals surface area (Å²) in [5.41, 5.74) is 0. The summed E-state index contributed by atoms with van der Waals surface area (Å²) in [5, 5.41) is 2.86. The second kappa shape index (κ2) is 8.23. The van der Waals surface area contributed by atoms with Crippen LogP contribution in [0.25, 0.3) is 0 Å². The number of hydrogen-bond acceptors (Lipinski definition) is 4. The van der Waals surface area contributed by atoms with Crippen molar-refractivity contribution in [3.8, 4) is 0 Å². The van der Waals surface area contributed by atoms with Gasteiger partial charge in [-0.05, 0) is 48.9 Å². The van der Waals surface area contributed by atoms with Gasteiger partial charge in [0.2, 0.25) is 0 Å². The van der Waals surface area contributed by atoms with Crippen LogP contribution in [0, 0.1) is 34.5 Å². The Bertz CT molecular complexity index is 426. The molecular formula is C17H26BrNO3. The van der Waals surface area contributed by atoms with Crippen molar-refractivity contribution in [1.82, 2.24) is 0 Å². The Morgan fingerprint density at radius 2 is 2.09 bits per heavy atom. The number of alkyl halides is 1. The average molecular weight is 372 g/mol. The highest BCUT2D eigenvalue weighted by atomic mass is 79.9. The molecule has 22 heavy (non-hydrogen) atoms. The molecule has 0 amide bonds. The van der Waals surface area contributed by atoms with Gasteiger partial charge in [-0.25, -0.2) is 0 Å². The largest absolute Gasteiger partial charge is 0.496 e. The van der Waals surface area contributed by atoms with E-state index in [4.69, 9.17) is 4.74 Å². The lowest BCUT2D eigenvalue weighted by Crippen LogP contribution is -2.15. The fraction of sp³-hybridized carbons (Fsp3) is 0.824. The zero-order valence-corrected chi connectivity index (χ0v) is 15.0. The molecule has 4 nitrogen and oxygen atoms in total. The Morgan fingerprint density at radius 3 is 2.73 bits per heavy atom. The molecule has 6 atom stereocenters. The molecule has 0 bridgehead atoms. The molecule has 0 spiro atoms. The van der Waals surface area contributed by atoms with Gasteiger partial charge in [0.25, 0.3) is 0 Å². The maximum absolute atomic E-state index is 10.7. The van der Waals surface area contributed by atoms with E-state index in [2.05, 4.69) is 35.0 Å². The molecule has 2 saturated carbocycles. The molecule has 0 aliphatic heterocycles. The lowest BCUT2D eigenvalue weighted by molar-refractivity contribution is -0.104. The van der Waals surface area contributed by atoms with E-state index in [9.17, 15) is 9.70 Å². The highest BCUT2D eigenvalue weighted by Crippen LogP contribution is 2.53. The third-order valence-electron chi connectivity index (χ3n) is 5.56. The van der Waals surface area contributed by atoms with Gasteiger partial charge in [0.05, 0.1) is 11.4 Å². The number of rotatable bonds is 8. The Morgan fingerprint density at radius 1 is 1.36 bits per heavy atom. The molecule has 2 rings (SSSR count). The zero-order chi connectivity index (χ0) is 16.1. The molecule has 5 heteroatoms. The van der Waals surface area contributed by atoms with Crippen LogP contribution in [-0.4, -0.2) is 24.3 Å². The van der Waals surface area contributed by atoms with Crippen molar-refractivity contribution >= 4 is 22.2 Å². The van der Waals surface area contributed by atoms with Crippen LogP contribution in [0.1, 0.15) is 39.5 Å². The van der Waals surface area contributed by atoms with E-state index < -0.39 is 0 Å². The van der Waals surface area contributed by atoms with E-state index in [1.807, 2.05) is 0 Å². The number of hydrogen-bond donors (Lipinski definition) is 0. The number of halogens is 1. The van der Waals surface area contributed by atoms with E-state index in [1.54, 1.807) is 0 Å². The number of carbonyl (C=O) groups excluding carboxylic acids is 1. The van der Waals surface area contributed by atoms with Crippen LogP contribution in [0.5, 0.6) is 0 Å². The monoisotopic (exact) mass is 371 g/mol. The first kappa shape index (κ1) is 17.6. The summed E-state index contributed by atoms with van der Waals surface area (Å²) in [7, 11) is 0. The van der Waals surface area contributed by atoms with E-state index in [0.29, 0.717) is 24.6 Å². The van der Waals surface area contributed by atoms with Crippen molar-refractivity contribution in [3.05, 3.63) is 16.7 Å². The summed E-state index contributed by atoms with van der Waals surface area (Å²) in [6, 6.07) is 0. The van der Waals surface area contributed by atoms with E-state index in [1.165, 1.54) is 31.8 Å². The lowest BCUT2D eigenvalue weighted by atomic mass is 9.89. The highest BCUT2D eigenvalue weighted by Gasteiger charge is 2.46. The van der Waals surface area contributed by atoms with Crippen LogP contribution >= 0.6 is 15.9 Å². The van der Waals surface area contributed by atoms with Crippen molar-refractivity contribution in [3.63, 3.8) is 0 Å². The van der Waals surface area contributed by atoms with Crippen molar-refractivity contribution in [1.29, 1.82) is 0 Å². The summed E-state index contributed by atoms with van der Waals surface area (Å²) in [6.45, 7) is 5.40. The minimum absolute atomic E-state index is 0.0739. The first-order valence-electron chi connectivity index (χ1n) is 8.31. The van der Waals surface area contributed by atoms with E-state index in [-0.39, 0.29) is 11.4 Å². The van der Waals surface area contributed by atoms with Crippen LogP contribution < -0.4 is 0 Å². The number of carbonyl (C=O) groups is 1. The quantitative estimate of drug-likeness (QED) is 0.210. The zero-order valence-electron chi connectivity index (χ0n) is 13.4. The fourth-order valence-electron chi connectivity index (χ4n) is 4.52. The lowest BCUT2D eigenvalue weighted by Gasteiger charge is -2.19. The predicted octanol–water partition coefficient (Wildman–Crippen LogP) is 4.32. The van der Waals surface area contributed by atoms with Gasteiger partial charge < -0.3 is 4.74 Å². The number of nitrogens with zero attached hydrogens (tertiary/aromatic N) is 1. The minimum atomic E-state index is -0.307. The minimum Gasteiger partial charge on any atom is -0.496 e. The summed E-state index contributed by atoms with van der Waals surface area (Å²) in [5.74, 6) is 4.47. The molecule has 2 aliphatic rings. The Hall–Kier alpha value is -0.710. The number of fused-ring (bicyclic) bond motifs is 1. The summed E-state index contributed by atoms with van der Waals surface area (Å²) >= 11 is 3.35. The normalized spacial score (nSPS) is 36.0. The first-order valence-corrected chi connectivity index (χ1v) is 9.23. The SMILES string of the molecule is CCC1CC(C)C2CC(CO/C(=C/C=O)C(Br)CN=O)CC12.